The standard InChI is InChI=1S/C15H22N2O2/c1-4-17(11-15(2,3)19)14(18)9-8-12-6-5-7-13(16)10-12/h5-10,19H,4,11,16H2,1-3H3/b9-8+. The van der Waals surface area contributed by atoms with Crippen LogP contribution in [0.5, 0.6) is 0 Å². The van der Waals surface area contributed by atoms with Crippen LogP contribution >= 0.6 is 0 Å². The molecule has 1 rings (SSSR count). The predicted octanol–water partition coefficient (Wildman–Crippen LogP) is 1.90. The molecule has 0 atom stereocenters. The summed E-state index contributed by atoms with van der Waals surface area (Å²) < 4.78 is 0. The zero-order chi connectivity index (χ0) is 14.5. The number of nitrogens with zero attached hydrogens (tertiary/aromatic N) is 1. The molecule has 4 nitrogen and oxygen atoms in total. The van der Waals surface area contributed by atoms with Crippen molar-refractivity contribution in [3.8, 4) is 0 Å². The zero-order valence-electron chi connectivity index (χ0n) is 11.8. The lowest BCUT2D eigenvalue weighted by molar-refractivity contribution is -0.128. The number of nitrogen functional groups attached to an aromatic ring is 1. The summed E-state index contributed by atoms with van der Waals surface area (Å²) in [6.07, 6.45) is 3.23. The molecule has 0 bridgehead atoms. The van der Waals surface area contributed by atoms with Crippen LogP contribution in [0.3, 0.4) is 0 Å². The van der Waals surface area contributed by atoms with Crippen LogP contribution in [0.15, 0.2) is 30.3 Å². The second-order valence-electron chi connectivity index (χ2n) is 5.17. The Bertz CT molecular complexity index is 461. The van der Waals surface area contributed by atoms with Crippen molar-refractivity contribution in [2.45, 2.75) is 26.4 Å². The van der Waals surface area contributed by atoms with Gasteiger partial charge in [-0.2, -0.15) is 0 Å². The topological polar surface area (TPSA) is 66.6 Å². The van der Waals surface area contributed by atoms with Gasteiger partial charge in [0.1, 0.15) is 0 Å². The summed E-state index contributed by atoms with van der Waals surface area (Å²) in [6.45, 7) is 6.13. The van der Waals surface area contributed by atoms with Crippen molar-refractivity contribution in [1.82, 2.24) is 4.90 Å². The lowest BCUT2D eigenvalue weighted by Gasteiger charge is -2.27. The van der Waals surface area contributed by atoms with E-state index in [2.05, 4.69) is 0 Å². The first-order valence-corrected chi connectivity index (χ1v) is 6.37. The molecule has 0 aliphatic heterocycles. The highest BCUT2D eigenvalue weighted by atomic mass is 16.3. The molecule has 0 saturated heterocycles. The number of carbonyl (C=O) groups is 1. The molecule has 0 aromatic heterocycles. The van der Waals surface area contributed by atoms with Crippen molar-refractivity contribution in [3.63, 3.8) is 0 Å². The van der Waals surface area contributed by atoms with Gasteiger partial charge in [0.2, 0.25) is 5.91 Å². The van der Waals surface area contributed by atoms with Crippen molar-refractivity contribution in [3.05, 3.63) is 35.9 Å². The molecular formula is C15H22N2O2. The van der Waals surface area contributed by atoms with Crippen molar-refractivity contribution in [2.75, 3.05) is 18.8 Å². The Labute approximate surface area is 114 Å². The molecule has 1 aromatic carbocycles. The molecule has 0 saturated carbocycles. The third kappa shape index (κ3) is 5.57. The van der Waals surface area contributed by atoms with Gasteiger partial charge < -0.3 is 15.7 Å². The van der Waals surface area contributed by atoms with Gasteiger partial charge in [0, 0.05) is 24.9 Å². The summed E-state index contributed by atoms with van der Waals surface area (Å²) in [4.78, 5) is 13.6. The van der Waals surface area contributed by atoms with E-state index in [9.17, 15) is 9.90 Å². The van der Waals surface area contributed by atoms with Gasteiger partial charge >= 0.3 is 0 Å². The Morgan fingerprint density at radius 1 is 1.47 bits per heavy atom. The molecule has 4 heteroatoms. The van der Waals surface area contributed by atoms with E-state index in [1.165, 1.54) is 6.08 Å². The van der Waals surface area contributed by atoms with Crippen molar-refractivity contribution >= 4 is 17.7 Å². The number of likely N-dealkylation sites (N-methyl/N-ethyl adjacent to an activating group) is 1. The molecule has 0 radical (unpaired) electrons. The van der Waals surface area contributed by atoms with Gasteiger partial charge in [0.25, 0.3) is 0 Å². The number of hydrogen-bond donors (Lipinski definition) is 2. The van der Waals surface area contributed by atoms with Gasteiger partial charge in [-0.1, -0.05) is 12.1 Å². The second-order valence-corrected chi connectivity index (χ2v) is 5.17. The average molecular weight is 262 g/mol. The Hall–Kier alpha value is -1.81. The van der Waals surface area contributed by atoms with Crippen LogP contribution in [0.1, 0.15) is 26.3 Å². The summed E-state index contributed by atoms with van der Waals surface area (Å²) in [5.74, 6) is -0.118. The van der Waals surface area contributed by atoms with Crippen molar-refractivity contribution < 1.29 is 9.90 Å². The summed E-state index contributed by atoms with van der Waals surface area (Å²) in [7, 11) is 0. The largest absolute Gasteiger partial charge is 0.399 e. The maximum Gasteiger partial charge on any atom is 0.246 e. The van der Waals surface area contributed by atoms with E-state index in [0.29, 0.717) is 18.8 Å². The molecule has 3 N–H and O–H groups in total. The molecule has 1 amide bonds. The fourth-order valence-corrected chi connectivity index (χ4v) is 1.75. The average Bonchev–Trinajstić information content (AvgIpc) is 2.32. The van der Waals surface area contributed by atoms with Gasteiger partial charge in [0.15, 0.2) is 0 Å². The predicted molar refractivity (Wildman–Crippen MR) is 78.4 cm³/mol. The number of rotatable bonds is 5. The first-order valence-electron chi connectivity index (χ1n) is 6.37. The van der Waals surface area contributed by atoms with E-state index >= 15 is 0 Å². The zero-order valence-corrected chi connectivity index (χ0v) is 11.8. The molecule has 0 aliphatic carbocycles. The number of benzene rings is 1. The molecule has 0 unspecified atom stereocenters. The number of aliphatic hydroxyl groups is 1. The third-order valence-electron chi connectivity index (χ3n) is 2.60. The van der Waals surface area contributed by atoms with Crippen LogP contribution in [-0.2, 0) is 4.79 Å². The number of carbonyl (C=O) groups excluding carboxylic acids is 1. The minimum absolute atomic E-state index is 0.118. The number of hydrogen-bond acceptors (Lipinski definition) is 3. The Morgan fingerprint density at radius 3 is 2.68 bits per heavy atom. The van der Waals surface area contributed by atoms with Gasteiger partial charge in [-0.15, -0.1) is 0 Å². The number of anilines is 1. The van der Waals surface area contributed by atoms with Gasteiger partial charge in [-0.05, 0) is 44.5 Å². The quantitative estimate of drug-likeness (QED) is 0.629. The lowest BCUT2D eigenvalue weighted by Crippen LogP contribution is -2.41. The highest BCUT2D eigenvalue weighted by molar-refractivity contribution is 5.91. The molecule has 1 aromatic rings. The second kappa shape index (κ2) is 6.38. The van der Waals surface area contributed by atoms with Crippen LogP contribution in [-0.4, -0.2) is 34.6 Å². The van der Waals surface area contributed by atoms with Crippen LogP contribution in [0.4, 0.5) is 5.69 Å². The Kier molecular flexibility index (Phi) is 5.12. The Morgan fingerprint density at radius 2 is 2.16 bits per heavy atom. The maximum atomic E-state index is 12.0. The van der Waals surface area contributed by atoms with Gasteiger partial charge in [-0.3, -0.25) is 4.79 Å². The molecule has 0 fully saturated rings. The van der Waals surface area contributed by atoms with Gasteiger partial charge in [0.05, 0.1) is 5.60 Å². The summed E-state index contributed by atoms with van der Waals surface area (Å²) in [5, 5.41) is 9.76. The fraction of sp³-hybridized carbons (Fsp3) is 0.400. The van der Waals surface area contributed by atoms with Crippen LogP contribution < -0.4 is 5.73 Å². The van der Waals surface area contributed by atoms with Crippen LogP contribution in [0.2, 0.25) is 0 Å². The lowest BCUT2D eigenvalue weighted by atomic mass is 10.1. The van der Waals surface area contributed by atoms with E-state index in [1.54, 1.807) is 37.0 Å². The first kappa shape index (κ1) is 15.2. The number of amides is 1. The summed E-state index contributed by atoms with van der Waals surface area (Å²) in [5.41, 5.74) is 6.33. The molecule has 0 spiro atoms. The highest BCUT2D eigenvalue weighted by Crippen LogP contribution is 2.10. The molecule has 0 aliphatic rings. The fourth-order valence-electron chi connectivity index (χ4n) is 1.75. The van der Waals surface area contributed by atoms with Crippen LogP contribution in [0, 0.1) is 0 Å². The SMILES string of the molecule is CCN(CC(C)(C)O)C(=O)/C=C/c1cccc(N)c1. The van der Waals surface area contributed by atoms with Gasteiger partial charge in [-0.25, -0.2) is 0 Å². The monoisotopic (exact) mass is 262 g/mol. The molecule has 104 valence electrons. The third-order valence-corrected chi connectivity index (χ3v) is 2.60. The number of nitrogens with two attached hydrogens (primary N) is 1. The van der Waals surface area contributed by atoms with Crippen molar-refractivity contribution in [1.29, 1.82) is 0 Å². The maximum absolute atomic E-state index is 12.0. The van der Waals surface area contributed by atoms with E-state index in [4.69, 9.17) is 5.73 Å². The molecule has 19 heavy (non-hydrogen) atoms. The normalized spacial score (nSPS) is 11.8. The van der Waals surface area contributed by atoms with Crippen LogP contribution in [0.25, 0.3) is 6.08 Å². The van der Waals surface area contributed by atoms with E-state index in [1.807, 2.05) is 19.1 Å². The molecular weight excluding hydrogens is 240 g/mol. The highest BCUT2D eigenvalue weighted by Gasteiger charge is 2.19. The van der Waals surface area contributed by atoms with Crippen molar-refractivity contribution in [2.24, 2.45) is 0 Å². The minimum atomic E-state index is -0.892. The smallest absolute Gasteiger partial charge is 0.246 e. The van der Waals surface area contributed by atoms with E-state index in [-0.39, 0.29) is 5.91 Å². The summed E-state index contributed by atoms with van der Waals surface area (Å²) >= 11 is 0. The first-order chi connectivity index (χ1) is 8.81. The van der Waals surface area contributed by atoms with E-state index in [0.717, 1.165) is 5.56 Å². The molecule has 0 heterocycles. The Balaban J connectivity index is 2.72. The van der Waals surface area contributed by atoms with E-state index < -0.39 is 5.60 Å². The summed E-state index contributed by atoms with van der Waals surface area (Å²) in [6, 6.07) is 7.32. The minimum Gasteiger partial charge on any atom is -0.399 e.